The molecule has 3 heteroatoms. The van der Waals surface area contributed by atoms with E-state index >= 15 is 0 Å². The number of hydrogen-bond donors (Lipinski definition) is 3. The Bertz CT molecular complexity index is 578. The quantitative estimate of drug-likeness (QED) is 0.606. The third-order valence-corrected chi connectivity index (χ3v) is 2.65. The largest absolute Gasteiger partial charge is 0.362 e. The number of hydrogen-bond acceptors (Lipinski definition) is 3. The summed E-state index contributed by atoms with van der Waals surface area (Å²) in [5.74, 6) is 0. The summed E-state index contributed by atoms with van der Waals surface area (Å²) in [4.78, 5) is 0. The summed E-state index contributed by atoms with van der Waals surface area (Å²) in [6.07, 6.45) is 14.8. The van der Waals surface area contributed by atoms with Gasteiger partial charge in [-0.2, -0.15) is 0 Å². The van der Waals surface area contributed by atoms with Gasteiger partial charge in [-0.25, -0.2) is 0 Å². The second kappa shape index (κ2) is 10.9. The van der Waals surface area contributed by atoms with Crippen molar-refractivity contribution in [2.45, 2.75) is 0 Å². The molecule has 4 N–H and O–H groups in total. The normalized spacial score (nSPS) is 12.1. The van der Waals surface area contributed by atoms with E-state index in [4.69, 9.17) is 5.73 Å². The van der Waals surface area contributed by atoms with Crippen molar-refractivity contribution in [1.82, 2.24) is 5.32 Å². The summed E-state index contributed by atoms with van der Waals surface area (Å²) in [5.41, 5.74) is 8.21. The van der Waals surface area contributed by atoms with Gasteiger partial charge >= 0.3 is 0 Å². The van der Waals surface area contributed by atoms with Crippen LogP contribution in [0.4, 0.5) is 5.69 Å². The molecule has 1 aromatic rings. The van der Waals surface area contributed by atoms with Gasteiger partial charge in [0.15, 0.2) is 0 Å². The second-order valence-electron chi connectivity index (χ2n) is 4.35. The van der Waals surface area contributed by atoms with Crippen LogP contribution in [0.5, 0.6) is 0 Å². The first-order chi connectivity index (χ1) is 10.8. The van der Waals surface area contributed by atoms with Gasteiger partial charge in [-0.1, -0.05) is 49.6 Å². The first kappa shape index (κ1) is 17.3. The molecule has 0 saturated carbocycles. The van der Waals surface area contributed by atoms with Crippen molar-refractivity contribution in [1.29, 1.82) is 0 Å². The molecule has 114 valence electrons. The van der Waals surface area contributed by atoms with Gasteiger partial charge in [-0.05, 0) is 35.9 Å². The monoisotopic (exact) mass is 293 g/mol. The highest BCUT2D eigenvalue weighted by Gasteiger charge is 1.94. The van der Waals surface area contributed by atoms with Crippen LogP contribution < -0.4 is 16.4 Å². The zero-order valence-corrected chi connectivity index (χ0v) is 12.7. The number of para-hydroxylation sites is 1. The van der Waals surface area contributed by atoms with Gasteiger partial charge in [-0.15, -0.1) is 0 Å². The number of nitrogens with two attached hydrogens (primary N) is 1. The van der Waals surface area contributed by atoms with Crippen LogP contribution >= 0.6 is 0 Å². The maximum Gasteiger partial charge on any atom is 0.0447 e. The van der Waals surface area contributed by atoms with E-state index in [2.05, 4.69) is 23.8 Å². The molecule has 0 unspecified atom stereocenters. The molecule has 0 fully saturated rings. The average Bonchev–Trinajstić information content (AvgIpc) is 2.55. The Morgan fingerprint density at radius 1 is 1.14 bits per heavy atom. The van der Waals surface area contributed by atoms with Crippen molar-refractivity contribution in [2.24, 2.45) is 5.73 Å². The smallest absolute Gasteiger partial charge is 0.0447 e. The fourth-order valence-electron chi connectivity index (χ4n) is 1.59. The molecule has 1 rings (SSSR count). The number of rotatable bonds is 9. The van der Waals surface area contributed by atoms with Crippen LogP contribution in [0.2, 0.25) is 0 Å². The lowest BCUT2D eigenvalue weighted by Crippen LogP contribution is -2.06. The molecule has 1 aromatic carbocycles. The Hall–Kier alpha value is -2.78. The molecular weight excluding hydrogens is 270 g/mol. The standard InChI is InChI=1S/C19H23N3/c1-3-10-19(17(2)11-9-14-20)22-16-8-7-15-21-18-12-5-4-6-13-18/h3-13,15-16,21-22H,1-2,14,20H2/b11-9+,15-7+,16-8+,19-10+. The lowest BCUT2D eigenvalue weighted by Gasteiger charge is -2.06. The maximum atomic E-state index is 5.44. The highest BCUT2D eigenvalue weighted by Crippen LogP contribution is 2.06. The third-order valence-electron chi connectivity index (χ3n) is 2.65. The van der Waals surface area contributed by atoms with Crippen LogP contribution in [0.25, 0.3) is 0 Å². The minimum Gasteiger partial charge on any atom is -0.362 e. The summed E-state index contributed by atoms with van der Waals surface area (Å²) in [6, 6.07) is 9.97. The van der Waals surface area contributed by atoms with Crippen molar-refractivity contribution >= 4 is 5.69 Å². The first-order valence-corrected chi connectivity index (χ1v) is 7.06. The van der Waals surface area contributed by atoms with Crippen LogP contribution in [0, 0.1) is 0 Å². The highest BCUT2D eigenvalue weighted by molar-refractivity contribution is 5.45. The van der Waals surface area contributed by atoms with Crippen molar-refractivity contribution in [3.63, 3.8) is 0 Å². The Balaban J connectivity index is 2.47. The molecule has 3 nitrogen and oxygen atoms in total. The third kappa shape index (κ3) is 7.12. The Kier molecular flexibility index (Phi) is 8.59. The van der Waals surface area contributed by atoms with E-state index in [1.807, 2.05) is 73.1 Å². The lowest BCUT2D eigenvalue weighted by atomic mass is 10.2. The van der Waals surface area contributed by atoms with E-state index in [0.717, 1.165) is 17.0 Å². The van der Waals surface area contributed by atoms with Gasteiger partial charge in [-0.3, -0.25) is 0 Å². The van der Waals surface area contributed by atoms with Gasteiger partial charge in [0.2, 0.25) is 0 Å². The van der Waals surface area contributed by atoms with Gasteiger partial charge in [0.05, 0.1) is 0 Å². The maximum absolute atomic E-state index is 5.44. The molecule has 0 aliphatic heterocycles. The average molecular weight is 293 g/mol. The van der Waals surface area contributed by atoms with E-state index in [9.17, 15) is 0 Å². The zero-order valence-electron chi connectivity index (χ0n) is 12.7. The predicted octanol–water partition coefficient (Wildman–Crippen LogP) is 3.86. The molecule has 22 heavy (non-hydrogen) atoms. The Morgan fingerprint density at radius 3 is 2.55 bits per heavy atom. The number of anilines is 1. The summed E-state index contributed by atoms with van der Waals surface area (Å²) in [6.45, 7) is 8.17. The molecule has 0 atom stereocenters. The molecule has 0 saturated heterocycles. The molecule has 0 radical (unpaired) electrons. The number of benzene rings is 1. The lowest BCUT2D eigenvalue weighted by molar-refractivity contribution is 1.09. The summed E-state index contributed by atoms with van der Waals surface area (Å²) < 4.78 is 0. The minimum atomic E-state index is 0.490. The van der Waals surface area contributed by atoms with Crippen LogP contribution in [0.15, 0.2) is 104 Å². The number of allylic oxidation sites excluding steroid dienone is 5. The van der Waals surface area contributed by atoms with E-state index < -0.39 is 0 Å². The molecular formula is C19H23N3. The minimum absolute atomic E-state index is 0.490. The summed E-state index contributed by atoms with van der Waals surface area (Å²) >= 11 is 0. The van der Waals surface area contributed by atoms with Crippen LogP contribution in [-0.4, -0.2) is 6.54 Å². The van der Waals surface area contributed by atoms with E-state index in [1.54, 1.807) is 6.08 Å². The van der Waals surface area contributed by atoms with Gasteiger partial charge < -0.3 is 16.4 Å². The van der Waals surface area contributed by atoms with Crippen LogP contribution in [-0.2, 0) is 0 Å². The highest BCUT2D eigenvalue weighted by atomic mass is 14.9. The second-order valence-corrected chi connectivity index (χ2v) is 4.35. The molecule has 0 aromatic heterocycles. The fraction of sp³-hybridized carbons (Fsp3) is 0.0526. The zero-order chi connectivity index (χ0) is 16.0. The van der Waals surface area contributed by atoms with E-state index in [0.29, 0.717) is 6.54 Å². The predicted molar refractivity (Wildman–Crippen MR) is 97.1 cm³/mol. The van der Waals surface area contributed by atoms with E-state index in [1.165, 1.54) is 0 Å². The van der Waals surface area contributed by atoms with Crippen LogP contribution in [0.1, 0.15) is 0 Å². The summed E-state index contributed by atoms with van der Waals surface area (Å²) in [7, 11) is 0. The molecule has 0 heterocycles. The topological polar surface area (TPSA) is 50.1 Å². The van der Waals surface area contributed by atoms with Crippen LogP contribution in [0.3, 0.4) is 0 Å². The molecule has 0 amide bonds. The summed E-state index contributed by atoms with van der Waals surface area (Å²) in [5, 5.41) is 6.34. The van der Waals surface area contributed by atoms with Gasteiger partial charge in [0, 0.05) is 30.3 Å². The Labute approximate surface area is 132 Å². The van der Waals surface area contributed by atoms with Crippen molar-refractivity contribution in [3.8, 4) is 0 Å². The van der Waals surface area contributed by atoms with Gasteiger partial charge in [0.25, 0.3) is 0 Å². The molecule has 0 aliphatic rings. The van der Waals surface area contributed by atoms with Crippen molar-refractivity contribution in [3.05, 3.63) is 104 Å². The molecule has 0 aliphatic carbocycles. The fourth-order valence-corrected chi connectivity index (χ4v) is 1.59. The SMILES string of the molecule is C=C/C=C(/N/C=C/C=C/Nc1ccccc1)C(=C)/C=C/CN. The number of nitrogens with one attached hydrogen (secondary N) is 2. The van der Waals surface area contributed by atoms with E-state index in [-0.39, 0.29) is 0 Å². The first-order valence-electron chi connectivity index (χ1n) is 7.06. The Morgan fingerprint density at radius 2 is 1.86 bits per heavy atom. The molecule has 0 bridgehead atoms. The molecule has 0 spiro atoms. The van der Waals surface area contributed by atoms with Crippen molar-refractivity contribution < 1.29 is 0 Å². The van der Waals surface area contributed by atoms with Crippen molar-refractivity contribution in [2.75, 3.05) is 11.9 Å². The van der Waals surface area contributed by atoms with Gasteiger partial charge in [0.1, 0.15) is 0 Å².